The van der Waals surface area contributed by atoms with Crippen molar-refractivity contribution < 1.29 is 4.79 Å². The minimum Gasteiger partial charge on any atom is -0.356 e. The molecular formula is C20H25ClN4O2. The quantitative estimate of drug-likeness (QED) is 0.772. The number of hydrogen-bond donors (Lipinski definition) is 1. The number of carbonyl (C=O) groups is 1. The molecule has 0 spiro atoms. The minimum absolute atomic E-state index is 0.0519. The van der Waals surface area contributed by atoms with Gasteiger partial charge in [-0.1, -0.05) is 31.0 Å². The summed E-state index contributed by atoms with van der Waals surface area (Å²) in [5, 5.41) is 8.09. The SMILES string of the molecule is CCCCNC(=O)[C@@H]1CCCN(c2ccc(=O)n(-c3cccc(Cl)c3)n2)C1. The minimum atomic E-state index is -0.216. The third kappa shape index (κ3) is 4.89. The van der Waals surface area contributed by atoms with Gasteiger partial charge in [0.1, 0.15) is 5.82 Å². The lowest BCUT2D eigenvalue weighted by molar-refractivity contribution is -0.125. The standard InChI is InChI=1S/C20H25ClN4O2/c1-2-3-11-22-20(27)15-6-5-12-24(14-15)18-9-10-19(26)25(23-18)17-8-4-7-16(21)13-17/h4,7-10,13,15H,2-3,5-6,11-12,14H2,1H3,(H,22,27)/t15-/m1/s1. The number of hydrogen-bond acceptors (Lipinski definition) is 4. The molecule has 7 heteroatoms. The van der Waals surface area contributed by atoms with Gasteiger partial charge in [-0.2, -0.15) is 4.68 Å². The second-order valence-corrected chi connectivity index (χ2v) is 7.29. The summed E-state index contributed by atoms with van der Waals surface area (Å²) in [5.74, 6) is 0.751. The molecule has 0 aliphatic carbocycles. The highest BCUT2D eigenvalue weighted by molar-refractivity contribution is 6.30. The van der Waals surface area contributed by atoms with Crippen molar-refractivity contribution >= 4 is 23.3 Å². The van der Waals surface area contributed by atoms with E-state index in [9.17, 15) is 9.59 Å². The Bertz CT molecular complexity index is 852. The Hall–Kier alpha value is -2.34. The van der Waals surface area contributed by atoms with Gasteiger partial charge < -0.3 is 10.2 Å². The lowest BCUT2D eigenvalue weighted by Gasteiger charge is -2.32. The maximum atomic E-state index is 12.4. The molecule has 1 aliphatic rings. The zero-order valence-corrected chi connectivity index (χ0v) is 16.3. The fourth-order valence-electron chi connectivity index (χ4n) is 3.29. The molecule has 2 heterocycles. The summed E-state index contributed by atoms with van der Waals surface area (Å²) < 4.78 is 1.35. The van der Waals surface area contributed by atoms with Gasteiger partial charge in [-0.05, 0) is 43.5 Å². The van der Waals surface area contributed by atoms with Crippen LogP contribution < -0.4 is 15.8 Å². The first-order chi connectivity index (χ1) is 13.1. The van der Waals surface area contributed by atoms with Crippen LogP contribution in [0.25, 0.3) is 5.69 Å². The van der Waals surface area contributed by atoms with E-state index in [0.717, 1.165) is 38.8 Å². The largest absolute Gasteiger partial charge is 0.356 e. The van der Waals surface area contributed by atoms with Crippen LogP contribution in [0.2, 0.25) is 5.02 Å². The van der Waals surface area contributed by atoms with Gasteiger partial charge in [-0.25, -0.2) is 0 Å². The highest BCUT2D eigenvalue weighted by Gasteiger charge is 2.26. The van der Waals surface area contributed by atoms with E-state index in [1.54, 1.807) is 30.3 Å². The van der Waals surface area contributed by atoms with E-state index >= 15 is 0 Å². The predicted molar refractivity (Wildman–Crippen MR) is 108 cm³/mol. The highest BCUT2D eigenvalue weighted by Crippen LogP contribution is 2.22. The molecule has 0 unspecified atom stereocenters. The maximum Gasteiger partial charge on any atom is 0.271 e. The van der Waals surface area contributed by atoms with Crippen molar-refractivity contribution in [3.8, 4) is 5.69 Å². The number of unbranched alkanes of at least 4 members (excludes halogenated alkanes) is 1. The molecule has 1 atom stereocenters. The van der Waals surface area contributed by atoms with Crippen LogP contribution in [0.5, 0.6) is 0 Å². The van der Waals surface area contributed by atoms with Gasteiger partial charge >= 0.3 is 0 Å². The van der Waals surface area contributed by atoms with Gasteiger partial charge in [0.2, 0.25) is 5.91 Å². The van der Waals surface area contributed by atoms with E-state index < -0.39 is 0 Å². The van der Waals surface area contributed by atoms with Crippen molar-refractivity contribution in [1.29, 1.82) is 0 Å². The molecule has 0 bridgehead atoms. The monoisotopic (exact) mass is 388 g/mol. The first-order valence-corrected chi connectivity index (χ1v) is 9.85. The summed E-state index contributed by atoms with van der Waals surface area (Å²) in [7, 11) is 0. The Kier molecular flexibility index (Phi) is 6.50. The van der Waals surface area contributed by atoms with E-state index in [0.29, 0.717) is 23.1 Å². The second-order valence-electron chi connectivity index (χ2n) is 6.85. The summed E-state index contributed by atoms with van der Waals surface area (Å²) in [6.45, 7) is 4.26. The topological polar surface area (TPSA) is 67.2 Å². The number of nitrogens with zero attached hydrogens (tertiary/aromatic N) is 3. The number of halogens is 1. The van der Waals surface area contributed by atoms with Crippen molar-refractivity contribution in [2.45, 2.75) is 32.6 Å². The third-order valence-corrected chi connectivity index (χ3v) is 5.02. The van der Waals surface area contributed by atoms with Crippen LogP contribution in [-0.4, -0.2) is 35.3 Å². The van der Waals surface area contributed by atoms with Crippen LogP contribution >= 0.6 is 11.6 Å². The van der Waals surface area contributed by atoms with Crippen molar-refractivity contribution in [3.63, 3.8) is 0 Å². The zero-order chi connectivity index (χ0) is 19.2. The normalized spacial score (nSPS) is 17.0. The summed E-state index contributed by atoms with van der Waals surface area (Å²) in [6, 6.07) is 10.3. The fraction of sp³-hybridized carbons (Fsp3) is 0.450. The van der Waals surface area contributed by atoms with E-state index in [1.165, 1.54) is 10.7 Å². The first kappa shape index (κ1) is 19.4. The number of anilines is 1. The Morgan fingerprint density at radius 1 is 1.33 bits per heavy atom. The van der Waals surface area contributed by atoms with Crippen molar-refractivity contribution in [2.75, 3.05) is 24.5 Å². The van der Waals surface area contributed by atoms with Crippen molar-refractivity contribution in [3.05, 3.63) is 51.8 Å². The van der Waals surface area contributed by atoms with Gasteiger partial charge in [0.15, 0.2) is 0 Å². The molecule has 27 heavy (non-hydrogen) atoms. The van der Waals surface area contributed by atoms with Crippen LogP contribution in [-0.2, 0) is 4.79 Å². The molecule has 1 saturated heterocycles. The number of nitrogens with one attached hydrogen (secondary N) is 1. The summed E-state index contributed by atoms with van der Waals surface area (Å²) in [6.07, 6.45) is 3.85. The molecular weight excluding hydrogens is 364 g/mol. The first-order valence-electron chi connectivity index (χ1n) is 9.47. The number of aromatic nitrogens is 2. The molecule has 6 nitrogen and oxygen atoms in total. The lowest BCUT2D eigenvalue weighted by Crippen LogP contribution is -2.44. The van der Waals surface area contributed by atoms with Crippen LogP contribution in [0.1, 0.15) is 32.6 Å². The molecule has 1 fully saturated rings. The van der Waals surface area contributed by atoms with E-state index in [2.05, 4.69) is 22.2 Å². The van der Waals surface area contributed by atoms with E-state index in [4.69, 9.17) is 11.6 Å². The highest BCUT2D eigenvalue weighted by atomic mass is 35.5. The molecule has 1 aliphatic heterocycles. The number of benzene rings is 1. The molecule has 144 valence electrons. The van der Waals surface area contributed by atoms with Gasteiger partial charge in [-0.3, -0.25) is 9.59 Å². The number of amides is 1. The van der Waals surface area contributed by atoms with Crippen molar-refractivity contribution in [2.24, 2.45) is 5.92 Å². The summed E-state index contributed by atoms with van der Waals surface area (Å²) in [4.78, 5) is 26.7. The average molecular weight is 389 g/mol. The lowest BCUT2D eigenvalue weighted by atomic mass is 9.97. The Balaban J connectivity index is 1.77. The third-order valence-electron chi connectivity index (χ3n) is 4.78. The summed E-state index contributed by atoms with van der Waals surface area (Å²) >= 11 is 6.04. The molecule has 1 aromatic heterocycles. The van der Waals surface area contributed by atoms with Crippen LogP contribution in [0.3, 0.4) is 0 Å². The summed E-state index contributed by atoms with van der Waals surface area (Å²) in [5.41, 5.74) is 0.409. The molecule has 3 rings (SSSR count). The smallest absolute Gasteiger partial charge is 0.271 e. The second kappa shape index (κ2) is 9.04. The van der Waals surface area contributed by atoms with Crippen molar-refractivity contribution in [1.82, 2.24) is 15.1 Å². The van der Waals surface area contributed by atoms with Crippen LogP contribution in [0.15, 0.2) is 41.2 Å². The molecule has 1 N–H and O–H groups in total. The van der Waals surface area contributed by atoms with Crippen LogP contribution in [0.4, 0.5) is 5.82 Å². The molecule has 1 aromatic carbocycles. The average Bonchev–Trinajstić information content (AvgIpc) is 2.68. The Morgan fingerprint density at radius 3 is 2.96 bits per heavy atom. The maximum absolute atomic E-state index is 12.4. The predicted octanol–water partition coefficient (Wildman–Crippen LogP) is 3.02. The van der Waals surface area contributed by atoms with Gasteiger partial charge in [0.25, 0.3) is 5.56 Å². The van der Waals surface area contributed by atoms with E-state index in [-0.39, 0.29) is 17.4 Å². The molecule has 0 radical (unpaired) electrons. The zero-order valence-electron chi connectivity index (χ0n) is 15.5. The van der Waals surface area contributed by atoms with Gasteiger partial charge in [0, 0.05) is 30.7 Å². The van der Waals surface area contributed by atoms with E-state index in [1.807, 2.05) is 0 Å². The number of rotatable bonds is 6. The Labute approximate surface area is 164 Å². The number of piperidine rings is 1. The number of carbonyl (C=O) groups excluding carboxylic acids is 1. The van der Waals surface area contributed by atoms with Crippen LogP contribution in [0, 0.1) is 5.92 Å². The Morgan fingerprint density at radius 2 is 2.19 bits per heavy atom. The molecule has 2 aromatic rings. The molecule has 1 amide bonds. The van der Waals surface area contributed by atoms with Gasteiger partial charge in [-0.15, -0.1) is 5.10 Å². The fourth-order valence-corrected chi connectivity index (χ4v) is 3.48. The molecule has 0 saturated carbocycles. The van der Waals surface area contributed by atoms with Gasteiger partial charge in [0.05, 0.1) is 11.6 Å².